The minimum Gasteiger partial charge on any atom is -0.457 e. The van der Waals surface area contributed by atoms with Gasteiger partial charge < -0.3 is 9.47 Å². The summed E-state index contributed by atoms with van der Waals surface area (Å²) in [7, 11) is -3.81. The van der Waals surface area contributed by atoms with E-state index in [2.05, 4.69) is 0 Å². The van der Waals surface area contributed by atoms with Crippen LogP contribution in [0.1, 0.15) is 5.56 Å². The molecule has 1 aliphatic rings. The van der Waals surface area contributed by atoms with Gasteiger partial charge in [0.05, 0.1) is 0 Å². The van der Waals surface area contributed by atoms with Gasteiger partial charge >= 0.3 is 0 Å². The predicted molar refractivity (Wildman–Crippen MR) is 57.3 cm³/mol. The summed E-state index contributed by atoms with van der Waals surface area (Å²) in [6, 6.07) is 9.48. The van der Waals surface area contributed by atoms with Crippen LogP contribution in [-0.4, -0.2) is 14.7 Å². The topological polar surface area (TPSA) is 78.6 Å². The summed E-state index contributed by atoms with van der Waals surface area (Å²) < 4.78 is 32.0. The van der Waals surface area contributed by atoms with E-state index in [9.17, 15) is 8.42 Å². The lowest BCUT2D eigenvalue weighted by Gasteiger charge is -2.10. The van der Waals surface area contributed by atoms with Crippen LogP contribution in [0.15, 0.2) is 41.7 Å². The van der Waals surface area contributed by atoms with Gasteiger partial charge in [-0.05, 0) is 5.56 Å². The van der Waals surface area contributed by atoms with Crippen molar-refractivity contribution in [1.82, 2.24) is 0 Å². The molecule has 0 spiro atoms. The lowest BCUT2D eigenvalue weighted by atomic mass is 10.1. The minimum absolute atomic E-state index is 0.326. The normalized spacial score (nSPS) is 19.8. The molecule has 0 amide bonds. The molecule has 1 atom stereocenters. The van der Waals surface area contributed by atoms with E-state index in [-0.39, 0.29) is 5.09 Å². The van der Waals surface area contributed by atoms with Gasteiger partial charge in [-0.2, -0.15) is 0 Å². The Bertz CT molecular complexity index is 495. The number of sulfonamides is 1. The zero-order valence-electron chi connectivity index (χ0n) is 8.37. The van der Waals surface area contributed by atoms with Crippen LogP contribution in [0.4, 0.5) is 0 Å². The Morgan fingerprint density at radius 1 is 1.25 bits per heavy atom. The van der Waals surface area contributed by atoms with Crippen molar-refractivity contribution in [2.24, 2.45) is 5.14 Å². The molecular formula is C10H11NO4S. The molecule has 0 bridgehead atoms. The Morgan fingerprint density at radius 3 is 2.50 bits per heavy atom. The zero-order valence-corrected chi connectivity index (χ0v) is 9.18. The largest absolute Gasteiger partial charge is 0.457 e. The number of nitrogens with two attached hydrogens (primary N) is 1. The van der Waals surface area contributed by atoms with Crippen molar-refractivity contribution in [3.05, 3.63) is 47.2 Å². The molecule has 1 aromatic rings. The molecular weight excluding hydrogens is 230 g/mol. The summed E-state index contributed by atoms with van der Waals surface area (Å²) in [6.45, 7) is 0. The van der Waals surface area contributed by atoms with E-state index in [0.29, 0.717) is 6.42 Å². The average Bonchev–Trinajstić information content (AvgIpc) is 2.67. The number of benzene rings is 1. The molecule has 0 saturated carbocycles. The fraction of sp³-hybridized carbons (Fsp3) is 0.200. The fourth-order valence-corrected chi connectivity index (χ4v) is 1.78. The highest BCUT2D eigenvalue weighted by Gasteiger charge is 2.26. The highest BCUT2D eigenvalue weighted by molar-refractivity contribution is 7.92. The maximum atomic E-state index is 10.9. The van der Waals surface area contributed by atoms with Gasteiger partial charge in [0.15, 0.2) is 0 Å². The third kappa shape index (κ3) is 2.53. The fourth-order valence-electron chi connectivity index (χ4n) is 1.35. The maximum Gasteiger partial charge on any atom is 0.274 e. The molecule has 0 radical (unpaired) electrons. The molecule has 1 aliphatic heterocycles. The second-order valence-corrected chi connectivity index (χ2v) is 4.85. The summed E-state index contributed by atoms with van der Waals surface area (Å²) in [5.74, 6) is 0. The molecule has 1 aromatic carbocycles. The first-order valence-corrected chi connectivity index (χ1v) is 6.19. The van der Waals surface area contributed by atoms with Crippen molar-refractivity contribution >= 4 is 10.0 Å². The van der Waals surface area contributed by atoms with E-state index in [4.69, 9.17) is 14.6 Å². The third-order valence-corrected chi connectivity index (χ3v) is 2.84. The van der Waals surface area contributed by atoms with Gasteiger partial charge in [-0.15, -0.1) is 0 Å². The molecule has 2 rings (SSSR count). The number of hydrogen-bond acceptors (Lipinski definition) is 4. The van der Waals surface area contributed by atoms with E-state index in [1.165, 1.54) is 0 Å². The Labute approximate surface area is 93.5 Å². The first-order valence-electron chi connectivity index (χ1n) is 4.65. The van der Waals surface area contributed by atoms with E-state index < -0.39 is 16.3 Å². The number of hydrogen-bond donors (Lipinski definition) is 1. The van der Waals surface area contributed by atoms with Crippen molar-refractivity contribution in [2.45, 2.75) is 12.7 Å². The van der Waals surface area contributed by atoms with Gasteiger partial charge in [0.2, 0.25) is 6.29 Å². The molecule has 2 N–H and O–H groups in total. The minimum atomic E-state index is -3.81. The summed E-state index contributed by atoms with van der Waals surface area (Å²) in [5.41, 5.74) is 0.997. The van der Waals surface area contributed by atoms with Gasteiger partial charge in [0.25, 0.3) is 15.1 Å². The van der Waals surface area contributed by atoms with Gasteiger partial charge in [0, 0.05) is 6.42 Å². The molecule has 0 saturated heterocycles. The Morgan fingerprint density at radius 2 is 1.94 bits per heavy atom. The van der Waals surface area contributed by atoms with Gasteiger partial charge in [-0.25, -0.2) is 13.6 Å². The van der Waals surface area contributed by atoms with Crippen molar-refractivity contribution in [1.29, 1.82) is 0 Å². The highest BCUT2D eigenvalue weighted by atomic mass is 32.2. The summed E-state index contributed by atoms with van der Waals surface area (Å²) in [4.78, 5) is 0. The predicted octanol–water partition coefficient (Wildman–Crippen LogP) is 0.689. The van der Waals surface area contributed by atoms with E-state index in [1.54, 1.807) is 0 Å². The van der Waals surface area contributed by atoms with Crippen LogP contribution >= 0.6 is 0 Å². The average molecular weight is 241 g/mol. The lowest BCUT2D eigenvalue weighted by molar-refractivity contribution is -0.0243. The SMILES string of the molecule is NS(=O)(=O)C1=COC(Cc2ccccc2)O1. The highest BCUT2D eigenvalue weighted by Crippen LogP contribution is 2.20. The summed E-state index contributed by atoms with van der Waals surface area (Å²) in [5, 5.41) is 4.57. The second-order valence-electron chi connectivity index (χ2n) is 3.36. The standard InChI is InChI=1S/C10H11NO4S/c11-16(12,13)10-7-14-9(15-10)6-8-4-2-1-3-5-8/h1-5,7,9H,6H2,(H2,11,12,13). The first kappa shape index (κ1) is 11.0. The monoisotopic (exact) mass is 241 g/mol. The van der Waals surface area contributed by atoms with E-state index >= 15 is 0 Å². The van der Waals surface area contributed by atoms with Crippen molar-refractivity contribution in [3.63, 3.8) is 0 Å². The molecule has 1 heterocycles. The molecule has 6 heteroatoms. The first-order chi connectivity index (χ1) is 7.55. The Kier molecular flexibility index (Phi) is 2.84. The zero-order chi connectivity index (χ0) is 11.6. The van der Waals surface area contributed by atoms with Crippen molar-refractivity contribution < 1.29 is 17.9 Å². The van der Waals surface area contributed by atoms with E-state index in [0.717, 1.165) is 11.8 Å². The third-order valence-electron chi connectivity index (χ3n) is 2.09. The quantitative estimate of drug-likeness (QED) is 0.844. The van der Waals surface area contributed by atoms with Gasteiger partial charge in [0.1, 0.15) is 6.26 Å². The molecule has 0 aromatic heterocycles. The van der Waals surface area contributed by atoms with Gasteiger partial charge in [-0.1, -0.05) is 30.3 Å². The molecule has 86 valence electrons. The smallest absolute Gasteiger partial charge is 0.274 e. The number of primary sulfonamides is 1. The Hall–Kier alpha value is -1.53. The molecule has 5 nitrogen and oxygen atoms in total. The number of rotatable bonds is 3. The maximum absolute atomic E-state index is 10.9. The molecule has 0 aliphatic carbocycles. The van der Waals surface area contributed by atoms with Crippen LogP contribution in [0, 0.1) is 0 Å². The van der Waals surface area contributed by atoms with Crippen LogP contribution in [0.2, 0.25) is 0 Å². The Balaban J connectivity index is 1.98. The summed E-state index contributed by atoms with van der Waals surface area (Å²) >= 11 is 0. The molecule has 16 heavy (non-hydrogen) atoms. The van der Waals surface area contributed by atoms with Crippen LogP contribution < -0.4 is 5.14 Å². The lowest BCUT2D eigenvalue weighted by Crippen LogP contribution is -2.18. The summed E-state index contributed by atoms with van der Waals surface area (Å²) in [6.07, 6.45) is 0.870. The van der Waals surface area contributed by atoms with Crippen LogP contribution in [0.3, 0.4) is 0 Å². The van der Waals surface area contributed by atoms with Crippen LogP contribution in [0.25, 0.3) is 0 Å². The number of ether oxygens (including phenoxy) is 2. The van der Waals surface area contributed by atoms with Crippen molar-refractivity contribution in [3.8, 4) is 0 Å². The van der Waals surface area contributed by atoms with Gasteiger partial charge in [-0.3, -0.25) is 0 Å². The molecule has 0 fully saturated rings. The second kappa shape index (κ2) is 4.15. The molecule has 1 unspecified atom stereocenters. The van der Waals surface area contributed by atoms with Crippen LogP contribution in [-0.2, 0) is 25.9 Å². The van der Waals surface area contributed by atoms with E-state index in [1.807, 2.05) is 30.3 Å². The van der Waals surface area contributed by atoms with Crippen LogP contribution in [0.5, 0.6) is 0 Å². The van der Waals surface area contributed by atoms with Crippen molar-refractivity contribution in [2.75, 3.05) is 0 Å².